The van der Waals surface area contributed by atoms with E-state index < -0.39 is 10.2 Å². The summed E-state index contributed by atoms with van der Waals surface area (Å²) < 4.78 is 38.8. The lowest BCUT2D eigenvalue weighted by atomic mass is 10.2. The van der Waals surface area contributed by atoms with Crippen molar-refractivity contribution in [2.75, 3.05) is 20.1 Å². The summed E-state index contributed by atoms with van der Waals surface area (Å²) in [6, 6.07) is 5.83. The van der Waals surface area contributed by atoms with Crippen LogP contribution in [-0.4, -0.2) is 37.2 Å². The van der Waals surface area contributed by atoms with Gasteiger partial charge < -0.3 is 0 Å². The van der Waals surface area contributed by atoms with E-state index in [1.807, 2.05) is 0 Å². The number of halogens is 1. The molecule has 6 heteroatoms. The highest BCUT2D eigenvalue weighted by Crippen LogP contribution is 2.17. The largest absolute Gasteiger partial charge is 0.282 e. The summed E-state index contributed by atoms with van der Waals surface area (Å²) in [7, 11) is -1.78. The van der Waals surface area contributed by atoms with Crippen molar-refractivity contribution in [3.05, 3.63) is 35.6 Å². The van der Waals surface area contributed by atoms with Crippen LogP contribution in [0.5, 0.6) is 0 Å². The zero-order valence-corrected chi connectivity index (χ0v) is 9.74. The average molecular weight is 244 g/mol. The molecule has 0 saturated carbocycles. The lowest BCUT2D eigenvalue weighted by Crippen LogP contribution is -2.31. The maximum atomic E-state index is 12.7. The van der Waals surface area contributed by atoms with Gasteiger partial charge in [0.15, 0.2) is 0 Å². The molecule has 1 heterocycles. The quantitative estimate of drug-likeness (QED) is 0.736. The monoisotopic (exact) mass is 244 g/mol. The molecule has 0 N–H and O–H groups in total. The number of nitrogens with zero attached hydrogens (tertiary/aromatic N) is 2. The third kappa shape index (κ3) is 2.40. The second-order valence-corrected chi connectivity index (χ2v) is 5.82. The Morgan fingerprint density at radius 2 is 1.88 bits per heavy atom. The van der Waals surface area contributed by atoms with Crippen molar-refractivity contribution < 1.29 is 12.8 Å². The molecule has 1 aromatic carbocycles. The van der Waals surface area contributed by atoms with Crippen molar-refractivity contribution in [2.45, 2.75) is 6.54 Å². The molecule has 1 aliphatic rings. The molecule has 1 aromatic rings. The van der Waals surface area contributed by atoms with E-state index in [0.29, 0.717) is 13.1 Å². The Kier molecular flexibility index (Phi) is 2.96. The third-order valence-corrected chi connectivity index (χ3v) is 4.38. The fourth-order valence-corrected chi connectivity index (χ4v) is 2.65. The van der Waals surface area contributed by atoms with Gasteiger partial charge in [0.05, 0.1) is 0 Å². The Morgan fingerprint density at radius 3 is 2.38 bits per heavy atom. The van der Waals surface area contributed by atoms with E-state index >= 15 is 0 Å². The molecule has 0 bridgehead atoms. The zero-order chi connectivity index (χ0) is 11.8. The first-order chi connectivity index (χ1) is 7.50. The molecule has 0 aliphatic carbocycles. The Labute approximate surface area is 94.5 Å². The maximum absolute atomic E-state index is 12.7. The van der Waals surface area contributed by atoms with Crippen molar-refractivity contribution in [1.29, 1.82) is 0 Å². The minimum atomic E-state index is -3.30. The second kappa shape index (κ2) is 4.12. The van der Waals surface area contributed by atoms with Gasteiger partial charge in [-0.25, -0.2) is 4.39 Å². The Hall–Kier alpha value is -0.980. The number of benzene rings is 1. The van der Waals surface area contributed by atoms with Gasteiger partial charge in [-0.1, -0.05) is 12.1 Å². The number of rotatable bonds is 4. The lowest BCUT2D eigenvalue weighted by molar-refractivity contribution is 0.439. The molecule has 4 nitrogen and oxygen atoms in total. The van der Waals surface area contributed by atoms with Gasteiger partial charge in [-0.2, -0.15) is 17.0 Å². The van der Waals surface area contributed by atoms with E-state index in [0.717, 1.165) is 5.56 Å². The summed E-state index contributed by atoms with van der Waals surface area (Å²) in [6.45, 7) is 1.45. The summed E-state index contributed by atoms with van der Waals surface area (Å²) in [5, 5.41) is 0. The molecule has 0 radical (unpaired) electrons. The normalized spacial score (nSPS) is 16.7. The Bertz CT molecular complexity index is 468. The highest BCUT2D eigenvalue weighted by molar-refractivity contribution is 7.86. The molecule has 88 valence electrons. The van der Waals surface area contributed by atoms with Gasteiger partial charge in [0.25, 0.3) is 10.2 Å². The number of hydrogen-bond acceptors (Lipinski definition) is 2. The molecule has 0 spiro atoms. The van der Waals surface area contributed by atoms with Crippen LogP contribution in [0.4, 0.5) is 4.39 Å². The van der Waals surface area contributed by atoms with Gasteiger partial charge in [0.1, 0.15) is 5.82 Å². The van der Waals surface area contributed by atoms with Crippen molar-refractivity contribution in [3.8, 4) is 0 Å². The molecule has 1 fully saturated rings. The van der Waals surface area contributed by atoms with E-state index in [4.69, 9.17) is 0 Å². The first-order valence-electron chi connectivity index (χ1n) is 4.96. The predicted molar refractivity (Wildman–Crippen MR) is 58.4 cm³/mol. The van der Waals surface area contributed by atoms with Gasteiger partial charge in [0, 0.05) is 26.7 Å². The van der Waals surface area contributed by atoms with Gasteiger partial charge in [0.2, 0.25) is 0 Å². The van der Waals surface area contributed by atoms with Crippen LogP contribution in [0.25, 0.3) is 0 Å². The molecule has 0 aromatic heterocycles. The van der Waals surface area contributed by atoms with Crippen LogP contribution >= 0.6 is 0 Å². The molecule has 0 amide bonds. The lowest BCUT2D eigenvalue weighted by Gasteiger charge is -2.17. The van der Waals surface area contributed by atoms with Crippen LogP contribution in [-0.2, 0) is 16.8 Å². The van der Waals surface area contributed by atoms with E-state index in [9.17, 15) is 12.8 Å². The molecule has 2 rings (SSSR count). The SMILES string of the molecule is CN(Cc1ccc(F)cc1)S(=O)(=O)N1CC1. The molecule has 1 saturated heterocycles. The smallest absolute Gasteiger partial charge is 0.207 e. The second-order valence-electron chi connectivity index (χ2n) is 3.79. The first kappa shape index (κ1) is 11.5. The summed E-state index contributed by atoms with van der Waals surface area (Å²) >= 11 is 0. The Morgan fingerprint density at radius 1 is 1.31 bits per heavy atom. The topological polar surface area (TPSA) is 40.4 Å². The maximum Gasteiger partial charge on any atom is 0.282 e. The molecule has 1 aliphatic heterocycles. The van der Waals surface area contributed by atoms with Gasteiger partial charge in [-0.15, -0.1) is 0 Å². The first-order valence-corrected chi connectivity index (χ1v) is 6.36. The highest BCUT2D eigenvalue weighted by Gasteiger charge is 2.34. The fourth-order valence-electron chi connectivity index (χ4n) is 1.40. The van der Waals surface area contributed by atoms with E-state index in [1.54, 1.807) is 12.1 Å². The van der Waals surface area contributed by atoms with E-state index in [-0.39, 0.29) is 12.4 Å². The molecule has 16 heavy (non-hydrogen) atoms. The minimum absolute atomic E-state index is 0.263. The van der Waals surface area contributed by atoms with Crippen LogP contribution in [0, 0.1) is 5.82 Å². The molecule has 0 unspecified atom stereocenters. The van der Waals surface area contributed by atoms with Gasteiger partial charge in [-0.3, -0.25) is 0 Å². The van der Waals surface area contributed by atoms with Crippen molar-refractivity contribution in [2.24, 2.45) is 0 Å². The Balaban J connectivity index is 2.07. The molecular formula is C10H13FN2O2S. The van der Waals surface area contributed by atoms with E-state index in [2.05, 4.69) is 0 Å². The standard InChI is InChI=1S/C10H13FN2O2S/c1-12(16(14,15)13-6-7-13)8-9-2-4-10(11)5-3-9/h2-5H,6-8H2,1H3. The van der Waals surface area contributed by atoms with Crippen LogP contribution in [0.3, 0.4) is 0 Å². The minimum Gasteiger partial charge on any atom is -0.207 e. The average Bonchev–Trinajstić information content (AvgIpc) is 3.05. The van der Waals surface area contributed by atoms with Crippen molar-refractivity contribution in [1.82, 2.24) is 8.61 Å². The molecular weight excluding hydrogens is 231 g/mol. The summed E-state index contributed by atoms with van der Waals surface area (Å²) in [5.74, 6) is -0.319. The van der Waals surface area contributed by atoms with Crippen LogP contribution in [0.2, 0.25) is 0 Å². The van der Waals surface area contributed by atoms with Crippen LogP contribution in [0.15, 0.2) is 24.3 Å². The van der Waals surface area contributed by atoms with E-state index in [1.165, 1.54) is 27.8 Å². The van der Waals surface area contributed by atoms with Gasteiger partial charge in [-0.05, 0) is 17.7 Å². The highest BCUT2D eigenvalue weighted by atomic mass is 32.2. The summed E-state index contributed by atoms with van der Waals surface area (Å²) in [5.41, 5.74) is 0.773. The summed E-state index contributed by atoms with van der Waals surface area (Å²) in [4.78, 5) is 0. The number of hydrogen-bond donors (Lipinski definition) is 0. The zero-order valence-electron chi connectivity index (χ0n) is 8.93. The molecule has 0 atom stereocenters. The van der Waals surface area contributed by atoms with Crippen LogP contribution < -0.4 is 0 Å². The van der Waals surface area contributed by atoms with Crippen LogP contribution in [0.1, 0.15) is 5.56 Å². The predicted octanol–water partition coefficient (Wildman–Crippen LogP) is 0.818. The van der Waals surface area contributed by atoms with Crippen molar-refractivity contribution in [3.63, 3.8) is 0 Å². The summed E-state index contributed by atoms with van der Waals surface area (Å²) in [6.07, 6.45) is 0. The fraction of sp³-hybridized carbons (Fsp3) is 0.400. The van der Waals surface area contributed by atoms with Crippen molar-refractivity contribution >= 4 is 10.2 Å². The third-order valence-electron chi connectivity index (χ3n) is 2.44. The van der Waals surface area contributed by atoms with Gasteiger partial charge >= 0.3 is 0 Å².